The molecular formula is C21H17BrFN5O2. The summed E-state index contributed by atoms with van der Waals surface area (Å²) in [5, 5.41) is 7.42. The van der Waals surface area contributed by atoms with Gasteiger partial charge in [-0.05, 0) is 35.9 Å². The minimum absolute atomic E-state index is 0.196. The summed E-state index contributed by atoms with van der Waals surface area (Å²) in [4.78, 5) is 29.3. The van der Waals surface area contributed by atoms with Crippen molar-refractivity contribution >= 4 is 32.9 Å². The Labute approximate surface area is 179 Å². The normalized spacial score (nSPS) is 11.0. The molecule has 2 aromatic heterocycles. The molecule has 1 N–H and O–H groups in total. The molecule has 0 spiro atoms. The largest absolute Gasteiger partial charge is 0.350 e. The fourth-order valence-electron chi connectivity index (χ4n) is 3.11. The number of benzene rings is 2. The Hall–Kier alpha value is -3.33. The molecule has 0 fully saturated rings. The number of carbonyl (C=O) groups excluding carboxylic acids is 1. The molecule has 0 saturated heterocycles. The van der Waals surface area contributed by atoms with E-state index in [-0.39, 0.29) is 23.8 Å². The molecule has 2 aromatic carbocycles. The lowest BCUT2D eigenvalue weighted by Crippen LogP contribution is -2.27. The molecule has 0 bridgehead atoms. The minimum atomic E-state index is -0.354. The lowest BCUT2D eigenvalue weighted by molar-refractivity contribution is 0.0952. The van der Waals surface area contributed by atoms with Crippen molar-refractivity contribution in [2.45, 2.75) is 13.1 Å². The molecule has 1 amide bonds. The molecule has 0 unspecified atom stereocenters. The lowest BCUT2D eigenvalue weighted by atomic mass is 10.2. The van der Waals surface area contributed by atoms with Crippen LogP contribution in [0.5, 0.6) is 0 Å². The Morgan fingerprint density at radius 3 is 2.80 bits per heavy atom. The molecule has 0 aliphatic carbocycles. The van der Waals surface area contributed by atoms with E-state index in [0.29, 0.717) is 35.2 Å². The van der Waals surface area contributed by atoms with E-state index in [4.69, 9.17) is 0 Å². The highest BCUT2D eigenvalue weighted by molar-refractivity contribution is 9.10. The molecule has 0 aliphatic rings. The van der Waals surface area contributed by atoms with Crippen LogP contribution >= 0.6 is 15.9 Å². The third-order valence-corrected chi connectivity index (χ3v) is 5.05. The van der Waals surface area contributed by atoms with E-state index >= 15 is 0 Å². The number of carbonyl (C=O) groups is 1. The van der Waals surface area contributed by atoms with Crippen molar-refractivity contribution in [1.82, 2.24) is 24.6 Å². The number of aromatic nitrogens is 4. The maximum atomic E-state index is 13.4. The van der Waals surface area contributed by atoms with Crippen LogP contribution in [-0.2, 0) is 13.1 Å². The number of nitrogens with zero attached hydrogens (tertiary/aromatic N) is 4. The second-order valence-corrected chi connectivity index (χ2v) is 7.59. The zero-order valence-electron chi connectivity index (χ0n) is 15.8. The van der Waals surface area contributed by atoms with Gasteiger partial charge in [0.1, 0.15) is 17.5 Å². The highest BCUT2D eigenvalue weighted by Gasteiger charge is 2.11. The molecule has 152 valence electrons. The van der Waals surface area contributed by atoms with E-state index in [0.717, 1.165) is 4.47 Å². The molecule has 0 aliphatic heterocycles. The molecule has 7 nitrogen and oxygen atoms in total. The third-order valence-electron chi connectivity index (χ3n) is 4.56. The van der Waals surface area contributed by atoms with Gasteiger partial charge in [0.2, 0.25) is 0 Å². The molecule has 0 saturated carbocycles. The van der Waals surface area contributed by atoms with E-state index in [1.807, 2.05) is 6.07 Å². The number of hydrogen-bond acceptors (Lipinski definition) is 4. The highest BCUT2D eigenvalue weighted by atomic mass is 79.9. The van der Waals surface area contributed by atoms with E-state index in [1.54, 1.807) is 35.0 Å². The van der Waals surface area contributed by atoms with Crippen molar-refractivity contribution in [3.05, 3.63) is 92.8 Å². The Kier molecular flexibility index (Phi) is 5.71. The summed E-state index contributed by atoms with van der Waals surface area (Å²) in [6, 6.07) is 13.2. The van der Waals surface area contributed by atoms with Crippen LogP contribution < -0.4 is 10.9 Å². The summed E-state index contributed by atoms with van der Waals surface area (Å²) in [7, 11) is 0. The van der Waals surface area contributed by atoms with Crippen LogP contribution in [0.4, 0.5) is 4.39 Å². The van der Waals surface area contributed by atoms with Crippen molar-refractivity contribution < 1.29 is 9.18 Å². The molecule has 0 atom stereocenters. The quantitative estimate of drug-likeness (QED) is 0.470. The summed E-state index contributed by atoms with van der Waals surface area (Å²) < 4.78 is 17.2. The first-order valence-electron chi connectivity index (χ1n) is 9.20. The number of nitrogens with one attached hydrogen (secondary N) is 1. The monoisotopic (exact) mass is 469 g/mol. The average molecular weight is 470 g/mol. The maximum absolute atomic E-state index is 13.4. The van der Waals surface area contributed by atoms with Gasteiger partial charge in [-0.15, -0.1) is 0 Å². The zero-order chi connectivity index (χ0) is 21.1. The fraction of sp³-hybridized carbons (Fsp3) is 0.143. The van der Waals surface area contributed by atoms with E-state index in [2.05, 4.69) is 31.3 Å². The summed E-state index contributed by atoms with van der Waals surface area (Å²) in [6.07, 6.45) is 2.89. The first kappa shape index (κ1) is 20.0. The molecule has 4 rings (SSSR count). The van der Waals surface area contributed by atoms with Crippen molar-refractivity contribution in [2.24, 2.45) is 0 Å². The Morgan fingerprint density at radius 1 is 1.17 bits per heavy atom. The van der Waals surface area contributed by atoms with Gasteiger partial charge in [-0.2, -0.15) is 5.10 Å². The first-order valence-corrected chi connectivity index (χ1v) is 10.00. The fourth-order valence-corrected chi connectivity index (χ4v) is 3.51. The van der Waals surface area contributed by atoms with Gasteiger partial charge in [-0.25, -0.2) is 14.1 Å². The van der Waals surface area contributed by atoms with Gasteiger partial charge >= 0.3 is 0 Å². The number of amides is 1. The summed E-state index contributed by atoms with van der Waals surface area (Å²) >= 11 is 3.34. The third kappa shape index (κ3) is 4.30. The maximum Gasteiger partial charge on any atom is 0.264 e. The van der Waals surface area contributed by atoms with Gasteiger partial charge in [0.15, 0.2) is 5.65 Å². The lowest BCUT2D eigenvalue weighted by Gasteiger charge is -2.08. The zero-order valence-corrected chi connectivity index (χ0v) is 17.3. The summed E-state index contributed by atoms with van der Waals surface area (Å²) in [6.45, 7) is 0.910. The molecule has 30 heavy (non-hydrogen) atoms. The van der Waals surface area contributed by atoms with Crippen LogP contribution in [0.1, 0.15) is 15.9 Å². The molecule has 4 aromatic rings. The van der Waals surface area contributed by atoms with E-state index in [1.165, 1.54) is 29.2 Å². The topological polar surface area (TPSA) is 81.8 Å². The Bertz CT molecular complexity index is 1280. The number of rotatable bonds is 6. The molecule has 2 heterocycles. The van der Waals surface area contributed by atoms with Crippen LogP contribution in [0.15, 0.2) is 70.3 Å². The first-order chi connectivity index (χ1) is 14.5. The van der Waals surface area contributed by atoms with Gasteiger partial charge in [-0.1, -0.05) is 34.1 Å². The predicted octanol–water partition coefficient (Wildman–Crippen LogP) is 2.97. The van der Waals surface area contributed by atoms with Crippen LogP contribution in [0, 0.1) is 5.82 Å². The molecule has 9 heteroatoms. The number of hydrogen-bond donors (Lipinski definition) is 1. The van der Waals surface area contributed by atoms with Crippen LogP contribution in [0.3, 0.4) is 0 Å². The SMILES string of the molecule is O=C(NCCn1ncc2c(=O)n(Cc3cccc(F)c3)cnc21)c1cccc(Br)c1. The van der Waals surface area contributed by atoms with Gasteiger partial charge < -0.3 is 5.32 Å². The Morgan fingerprint density at radius 2 is 2.00 bits per heavy atom. The van der Waals surface area contributed by atoms with Crippen molar-refractivity contribution in [3.8, 4) is 0 Å². The van der Waals surface area contributed by atoms with Crippen molar-refractivity contribution in [3.63, 3.8) is 0 Å². The average Bonchev–Trinajstić information content (AvgIpc) is 3.14. The Balaban J connectivity index is 1.46. The van der Waals surface area contributed by atoms with Gasteiger partial charge in [0, 0.05) is 16.6 Å². The highest BCUT2D eigenvalue weighted by Crippen LogP contribution is 2.12. The van der Waals surface area contributed by atoms with Gasteiger partial charge in [-0.3, -0.25) is 14.2 Å². The van der Waals surface area contributed by atoms with Crippen LogP contribution in [0.25, 0.3) is 11.0 Å². The summed E-state index contributed by atoms with van der Waals surface area (Å²) in [5.41, 5.74) is 1.40. The number of fused-ring (bicyclic) bond motifs is 1. The van der Waals surface area contributed by atoms with Crippen LogP contribution in [0.2, 0.25) is 0 Å². The van der Waals surface area contributed by atoms with E-state index in [9.17, 15) is 14.0 Å². The van der Waals surface area contributed by atoms with Gasteiger partial charge in [0.05, 0.1) is 19.3 Å². The number of halogens is 2. The summed E-state index contributed by atoms with van der Waals surface area (Å²) in [5.74, 6) is -0.550. The second-order valence-electron chi connectivity index (χ2n) is 6.68. The smallest absolute Gasteiger partial charge is 0.264 e. The predicted molar refractivity (Wildman–Crippen MR) is 114 cm³/mol. The standard InChI is InChI=1S/C21H17BrFN5O2/c22-16-5-2-4-15(10-16)20(29)24-7-8-28-19-18(11-26-28)21(30)27(13-25-19)12-14-3-1-6-17(23)9-14/h1-6,9-11,13H,7-8,12H2,(H,24,29). The van der Waals surface area contributed by atoms with Gasteiger partial charge in [0.25, 0.3) is 11.5 Å². The minimum Gasteiger partial charge on any atom is -0.350 e. The van der Waals surface area contributed by atoms with E-state index < -0.39 is 0 Å². The van der Waals surface area contributed by atoms with Crippen molar-refractivity contribution in [2.75, 3.05) is 6.54 Å². The molecule has 0 radical (unpaired) electrons. The van der Waals surface area contributed by atoms with Crippen LogP contribution in [-0.4, -0.2) is 31.8 Å². The second kappa shape index (κ2) is 8.58. The molecular weight excluding hydrogens is 453 g/mol. The van der Waals surface area contributed by atoms with Crippen molar-refractivity contribution in [1.29, 1.82) is 0 Å².